The minimum absolute atomic E-state index is 0.0532. The average Bonchev–Trinajstić information content (AvgIpc) is 2.12. The normalized spacial score (nSPS) is 8.57. The molecule has 0 saturated heterocycles. The van der Waals surface area contributed by atoms with E-state index in [1.165, 1.54) is 18.2 Å². The van der Waals surface area contributed by atoms with Crippen LogP contribution in [-0.4, -0.2) is 0 Å². The number of hydrogen-bond donors (Lipinski definition) is 0. The van der Waals surface area contributed by atoms with Crippen molar-refractivity contribution in [1.82, 2.24) is 0 Å². The fraction of sp³-hybridized carbons (Fsp3) is 0. The lowest BCUT2D eigenvalue weighted by Gasteiger charge is -1.95. The van der Waals surface area contributed by atoms with Gasteiger partial charge >= 0.3 is 0 Å². The molecule has 0 aliphatic carbocycles. The molecule has 2 nitrogen and oxygen atoms in total. The van der Waals surface area contributed by atoms with Crippen LogP contribution < -0.4 is 0 Å². The molecular weight excluding hydrogens is 247 g/mol. The van der Waals surface area contributed by atoms with Crippen LogP contribution in [0.5, 0.6) is 0 Å². The average molecular weight is 251 g/mol. The Kier molecular flexibility index (Phi) is 3.39. The van der Waals surface area contributed by atoms with Gasteiger partial charge in [0.25, 0.3) is 0 Å². The summed E-state index contributed by atoms with van der Waals surface area (Å²) in [6.45, 7) is 0. The Hall–Kier alpha value is -1.65. The molecule has 0 saturated carbocycles. The smallest absolute Gasteiger partial charge is 0.130 e. The molecule has 0 aromatic heterocycles. The van der Waals surface area contributed by atoms with E-state index in [0.29, 0.717) is 10.0 Å². The number of nitrogens with zero attached hydrogens (tertiary/aromatic N) is 2. The van der Waals surface area contributed by atoms with Gasteiger partial charge in [0.05, 0.1) is 0 Å². The summed E-state index contributed by atoms with van der Waals surface area (Å²) in [6.07, 6.45) is 1.33. The van der Waals surface area contributed by atoms with E-state index < -0.39 is 5.82 Å². The lowest BCUT2D eigenvalue weighted by molar-refractivity contribution is 0.626. The second-order valence-electron chi connectivity index (χ2n) is 2.48. The number of allylic oxidation sites excluding steroid dienone is 1. The Labute approximate surface area is 89.0 Å². The van der Waals surface area contributed by atoms with Crippen molar-refractivity contribution in [3.8, 4) is 12.1 Å². The van der Waals surface area contributed by atoms with Crippen molar-refractivity contribution in [3.63, 3.8) is 0 Å². The molecular formula is C10H4BrFN2. The minimum Gasteiger partial charge on any atom is -0.207 e. The summed E-state index contributed by atoms with van der Waals surface area (Å²) < 4.78 is 13.4. The highest BCUT2D eigenvalue weighted by Gasteiger charge is 1.98. The summed E-state index contributed by atoms with van der Waals surface area (Å²) in [5.74, 6) is -0.416. The fourth-order valence-corrected chi connectivity index (χ4v) is 1.40. The van der Waals surface area contributed by atoms with Crippen LogP contribution >= 0.6 is 15.9 Å². The minimum atomic E-state index is -0.416. The van der Waals surface area contributed by atoms with E-state index in [-0.39, 0.29) is 5.57 Å². The van der Waals surface area contributed by atoms with Gasteiger partial charge in [-0.2, -0.15) is 10.5 Å². The molecule has 0 amide bonds. The third-order valence-corrected chi connectivity index (χ3v) is 1.89. The number of halogens is 2. The molecule has 0 unspecified atom stereocenters. The van der Waals surface area contributed by atoms with E-state index in [2.05, 4.69) is 15.9 Å². The first-order valence-electron chi connectivity index (χ1n) is 3.63. The zero-order chi connectivity index (χ0) is 10.6. The van der Waals surface area contributed by atoms with Crippen LogP contribution in [0.1, 0.15) is 5.56 Å². The van der Waals surface area contributed by atoms with Crippen molar-refractivity contribution < 1.29 is 4.39 Å². The molecule has 1 aromatic rings. The molecule has 1 rings (SSSR count). The van der Waals surface area contributed by atoms with Crippen molar-refractivity contribution in [2.75, 3.05) is 0 Å². The van der Waals surface area contributed by atoms with Crippen molar-refractivity contribution in [2.24, 2.45) is 0 Å². The summed E-state index contributed by atoms with van der Waals surface area (Å²) in [5, 5.41) is 17.0. The molecule has 0 aliphatic heterocycles. The van der Waals surface area contributed by atoms with Crippen LogP contribution in [-0.2, 0) is 0 Å². The summed E-state index contributed by atoms with van der Waals surface area (Å²) in [7, 11) is 0. The van der Waals surface area contributed by atoms with Crippen molar-refractivity contribution in [2.45, 2.75) is 0 Å². The third-order valence-electron chi connectivity index (χ3n) is 1.44. The predicted octanol–water partition coefficient (Wildman–Crippen LogP) is 3.02. The Morgan fingerprint density at radius 2 is 1.93 bits per heavy atom. The summed E-state index contributed by atoms with van der Waals surface area (Å²) in [5.41, 5.74) is 0.428. The molecule has 0 aliphatic rings. The molecule has 0 bridgehead atoms. The molecule has 4 heteroatoms. The van der Waals surface area contributed by atoms with Gasteiger partial charge in [-0.25, -0.2) is 4.39 Å². The van der Waals surface area contributed by atoms with Gasteiger partial charge < -0.3 is 0 Å². The maximum absolute atomic E-state index is 12.9. The topological polar surface area (TPSA) is 47.6 Å². The SMILES string of the molecule is N#CC(C#N)=Cc1cc(F)cc(Br)c1. The van der Waals surface area contributed by atoms with Crippen molar-refractivity contribution in [3.05, 3.63) is 39.6 Å². The lowest BCUT2D eigenvalue weighted by Crippen LogP contribution is -1.80. The zero-order valence-corrected chi connectivity index (χ0v) is 8.55. The van der Waals surface area contributed by atoms with E-state index in [1.807, 2.05) is 0 Å². The number of rotatable bonds is 1. The molecule has 0 fully saturated rings. The van der Waals surface area contributed by atoms with Crippen LogP contribution in [0.15, 0.2) is 28.2 Å². The number of hydrogen-bond acceptors (Lipinski definition) is 2. The highest BCUT2D eigenvalue weighted by molar-refractivity contribution is 9.10. The van der Waals surface area contributed by atoms with E-state index in [1.54, 1.807) is 18.2 Å². The van der Waals surface area contributed by atoms with E-state index in [0.717, 1.165) is 0 Å². The highest BCUT2D eigenvalue weighted by Crippen LogP contribution is 2.16. The van der Waals surface area contributed by atoms with Crippen LogP contribution in [0, 0.1) is 28.5 Å². The van der Waals surface area contributed by atoms with Gasteiger partial charge in [-0.15, -0.1) is 0 Å². The van der Waals surface area contributed by atoms with Crippen molar-refractivity contribution in [1.29, 1.82) is 10.5 Å². The van der Waals surface area contributed by atoms with Crippen LogP contribution in [0.25, 0.3) is 6.08 Å². The van der Waals surface area contributed by atoms with Crippen LogP contribution in [0.3, 0.4) is 0 Å². The molecule has 0 radical (unpaired) electrons. The van der Waals surface area contributed by atoms with Gasteiger partial charge in [0, 0.05) is 4.47 Å². The predicted molar refractivity (Wildman–Crippen MR) is 53.3 cm³/mol. The Bertz CT molecular complexity index is 430. The van der Waals surface area contributed by atoms with Crippen molar-refractivity contribution >= 4 is 22.0 Å². The largest absolute Gasteiger partial charge is 0.207 e. The van der Waals surface area contributed by atoms with Gasteiger partial charge in [-0.05, 0) is 29.8 Å². The first-order valence-corrected chi connectivity index (χ1v) is 4.43. The first-order chi connectivity index (χ1) is 6.65. The maximum Gasteiger partial charge on any atom is 0.130 e. The Morgan fingerprint density at radius 3 is 2.43 bits per heavy atom. The van der Waals surface area contributed by atoms with Crippen LogP contribution in [0.2, 0.25) is 0 Å². The number of nitriles is 2. The molecule has 0 N–H and O–H groups in total. The van der Waals surface area contributed by atoms with Gasteiger partial charge in [0.15, 0.2) is 0 Å². The van der Waals surface area contributed by atoms with Gasteiger partial charge in [0.1, 0.15) is 23.5 Å². The standard InChI is InChI=1S/C10H4BrFN2/c11-9-2-7(3-10(12)4-9)1-8(5-13)6-14/h1-4H. The monoisotopic (exact) mass is 250 g/mol. The van der Waals surface area contributed by atoms with Crippen LogP contribution in [0.4, 0.5) is 4.39 Å². The Balaban J connectivity index is 3.17. The molecule has 0 atom stereocenters. The van der Waals surface area contributed by atoms with E-state index in [9.17, 15) is 4.39 Å². The highest BCUT2D eigenvalue weighted by atomic mass is 79.9. The molecule has 0 spiro atoms. The summed E-state index contributed by atoms with van der Waals surface area (Å²) in [6, 6.07) is 7.58. The molecule has 14 heavy (non-hydrogen) atoms. The Morgan fingerprint density at radius 1 is 1.29 bits per heavy atom. The summed E-state index contributed by atoms with van der Waals surface area (Å²) in [4.78, 5) is 0. The third kappa shape index (κ3) is 2.69. The quantitative estimate of drug-likeness (QED) is 0.720. The second kappa shape index (κ2) is 4.55. The molecule has 0 heterocycles. The maximum atomic E-state index is 12.9. The van der Waals surface area contributed by atoms with Gasteiger partial charge in [-0.1, -0.05) is 15.9 Å². The fourth-order valence-electron chi connectivity index (χ4n) is 0.915. The summed E-state index contributed by atoms with van der Waals surface area (Å²) >= 11 is 3.11. The first kappa shape index (κ1) is 10.4. The second-order valence-corrected chi connectivity index (χ2v) is 3.40. The zero-order valence-electron chi connectivity index (χ0n) is 6.96. The number of benzene rings is 1. The van der Waals surface area contributed by atoms with E-state index in [4.69, 9.17) is 10.5 Å². The van der Waals surface area contributed by atoms with Gasteiger partial charge in [0.2, 0.25) is 0 Å². The lowest BCUT2D eigenvalue weighted by atomic mass is 10.1. The van der Waals surface area contributed by atoms with Gasteiger partial charge in [-0.3, -0.25) is 0 Å². The molecule has 68 valence electrons. The van der Waals surface area contributed by atoms with E-state index >= 15 is 0 Å². The molecule has 1 aromatic carbocycles.